The number of hydrogen-bond acceptors (Lipinski definition) is 6. The van der Waals surface area contributed by atoms with E-state index in [4.69, 9.17) is 23.4 Å². The highest BCUT2D eigenvalue weighted by molar-refractivity contribution is 6.13. The number of rotatable bonds is 7. The van der Waals surface area contributed by atoms with Crippen LogP contribution in [0.3, 0.4) is 0 Å². The summed E-state index contributed by atoms with van der Waals surface area (Å²) >= 11 is 0. The summed E-state index contributed by atoms with van der Waals surface area (Å²) < 4.78 is 28.8. The van der Waals surface area contributed by atoms with Crippen LogP contribution < -0.4 is 18.9 Å². The molecule has 3 aromatic carbocycles. The van der Waals surface area contributed by atoms with Gasteiger partial charge in [0, 0.05) is 17.0 Å². The number of phenolic OH excluding ortho intramolecular Hbond substituents is 1. The highest BCUT2D eigenvalue weighted by Crippen LogP contribution is 2.48. The van der Waals surface area contributed by atoms with Crippen molar-refractivity contribution in [2.45, 2.75) is 20.3 Å². The van der Waals surface area contributed by atoms with Gasteiger partial charge in [0.1, 0.15) is 17.1 Å². The van der Waals surface area contributed by atoms with E-state index >= 15 is 0 Å². The minimum absolute atomic E-state index is 0.256. The number of phenols is 1. The Morgan fingerprint density at radius 2 is 1.58 bits per heavy atom. The molecule has 1 N–H and O–H groups in total. The number of benzene rings is 3. The lowest BCUT2D eigenvalue weighted by molar-refractivity contribution is 0.355. The Labute approximate surface area is 192 Å². The zero-order chi connectivity index (χ0) is 23.7. The monoisotopic (exact) mass is 448 g/mol. The number of fused-ring (bicyclic) bond motifs is 3. The lowest BCUT2D eigenvalue weighted by atomic mass is 9.97. The Kier molecular flexibility index (Phi) is 6.09. The first-order chi connectivity index (χ1) is 15.9. The largest absolute Gasteiger partial charge is 0.508 e. The van der Waals surface area contributed by atoms with Crippen molar-refractivity contribution >= 4 is 21.9 Å². The van der Waals surface area contributed by atoms with Gasteiger partial charge in [-0.25, -0.2) is 0 Å². The molecule has 0 fully saturated rings. The molecule has 4 rings (SSSR count). The van der Waals surface area contributed by atoms with Crippen LogP contribution in [0, 0.1) is 0 Å². The molecule has 0 atom stereocenters. The second-order valence-electron chi connectivity index (χ2n) is 8.00. The average molecular weight is 449 g/mol. The van der Waals surface area contributed by atoms with Crippen LogP contribution in [-0.4, -0.2) is 33.5 Å². The van der Waals surface area contributed by atoms with Crippen LogP contribution in [-0.2, 0) is 6.42 Å². The second kappa shape index (κ2) is 8.98. The standard InChI is InChI=1S/C27H28O6/c1-15(2)7-8-17-11-16(9-10-20(17)28)18-12-24(31-5)25-19-13-22(29-3)23(30-4)14-21(19)33-27(25)26(18)32-6/h7,9-14,28H,8H2,1-6H3. The fourth-order valence-corrected chi connectivity index (χ4v) is 4.03. The first kappa shape index (κ1) is 22.4. The summed E-state index contributed by atoms with van der Waals surface area (Å²) in [6.07, 6.45) is 2.72. The van der Waals surface area contributed by atoms with Gasteiger partial charge in [-0.2, -0.15) is 0 Å². The van der Waals surface area contributed by atoms with E-state index in [1.165, 1.54) is 5.57 Å². The van der Waals surface area contributed by atoms with E-state index in [9.17, 15) is 5.11 Å². The summed E-state index contributed by atoms with van der Waals surface area (Å²) in [5.41, 5.74) is 4.90. The SMILES string of the molecule is COc1cc2oc3c(OC)c(-c4ccc(O)c(CC=C(C)C)c4)cc(OC)c3c2cc1OC. The Morgan fingerprint density at radius 3 is 2.21 bits per heavy atom. The maximum absolute atomic E-state index is 10.4. The van der Waals surface area contributed by atoms with E-state index < -0.39 is 0 Å². The third-order valence-corrected chi connectivity index (χ3v) is 5.71. The molecule has 0 aliphatic heterocycles. The molecule has 0 bridgehead atoms. The topological polar surface area (TPSA) is 70.3 Å². The molecule has 6 nitrogen and oxygen atoms in total. The van der Waals surface area contributed by atoms with E-state index in [1.807, 2.05) is 38.1 Å². The molecular weight excluding hydrogens is 420 g/mol. The number of methoxy groups -OCH3 is 4. The molecule has 33 heavy (non-hydrogen) atoms. The van der Waals surface area contributed by atoms with Crippen molar-refractivity contribution in [2.75, 3.05) is 28.4 Å². The fraction of sp³-hybridized carbons (Fsp3) is 0.259. The summed E-state index contributed by atoms with van der Waals surface area (Å²) in [6, 6.07) is 11.1. The molecule has 6 heteroatoms. The third kappa shape index (κ3) is 3.93. The van der Waals surface area contributed by atoms with Gasteiger partial charge in [0.25, 0.3) is 0 Å². The normalized spacial score (nSPS) is 11.0. The van der Waals surface area contributed by atoms with Gasteiger partial charge in [-0.05, 0) is 55.7 Å². The van der Waals surface area contributed by atoms with Crippen molar-refractivity contribution in [1.29, 1.82) is 0 Å². The van der Waals surface area contributed by atoms with Gasteiger partial charge in [-0.1, -0.05) is 17.7 Å². The molecule has 0 saturated heterocycles. The number of allylic oxidation sites excluding steroid dienone is 2. The molecule has 0 radical (unpaired) electrons. The molecule has 0 spiro atoms. The Balaban J connectivity index is 2.00. The number of ether oxygens (including phenoxy) is 4. The highest BCUT2D eigenvalue weighted by Gasteiger charge is 2.23. The van der Waals surface area contributed by atoms with Crippen molar-refractivity contribution in [3.63, 3.8) is 0 Å². The van der Waals surface area contributed by atoms with Gasteiger partial charge in [0.2, 0.25) is 0 Å². The minimum Gasteiger partial charge on any atom is -0.508 e. The summed E-state index contributed by atoms with van der Waals surface area (Å²) in [5.74, 6) is 2.65. The number of furan rings is 1. The molecule has 0 unspecified atom stereocenters. The van der Waals surface area contributed by atoms with E-state index in [1.54, 1.807) is 40.6 Å². The molecule has 172 valence electrons. The quantitative estimate of drug-likeness (QED) is 0.325. The second-order valence-corrected chi connectivity index (χ2v) is 8.00. The van der Waals surface area contributed by atoms with Crippen molar-refractivity contribution in [3.05, 3.63) is 53.6 Å². The van der Waals surface area contributed by atoms with E-state index in [0.717, 1.165) is 27.5 Å². The fourth-order valence-electron chi connectivity index (χ4n) is 4.03. The van der Waals surface area contributed by atoms with E-state index in [2.05, 4.69) is 6.08 Å². The van der Waals surface area contributed by atoms with Gasteiger partial charge in [-0.3, -0.25) is 0 Å². The van der Waals surface area contributed by atoms with Crippen LogP contribution in [0.2, 0.25) is 0 Å². The van der Waals surface area contributed by atoms with Crippen LogP contribution in [0.15, 0.2) is 52.5 Å². The Hall–Kier alpha value is -3.80. The predicted octanol–water partition coefficient (Wildman–Crippen LogP) is 6.50. The highest BCUT2D eigenvalue weighted by atomic mass is 16.5. The molecule has 4 aromatic rings. The Bertz CT molecular complexity index is 1360. The molecule has 0 aliphatic rings. The third-order valence-electron chi connectivity index (χ3n) is 5.71. The van der Waals surface area contributed by atoms with Crippen LogP contribution in [0.1, 0.15) is 19.4 Å². The average Bonchev–Trinajstić information content (AvgIpc) is 3.19. The van der Waals surface area contributed by atoms with Gasteiger partial charge in [0.15, 0.2) is 22.8 Å². The molecule has 0 saturated carbocycles. The maximum atomic E-state index is 10.4. The summed E-state index contributed by atoms with van der Waals surface area (Å²) in [6.45, 7) is 4.07. The zero-order valence-electron chi connectivity index (χ0n) is 19.7. The van der Waals surface area contributed by atoms with Crippen molar-refractivity contribution in [3.8, 4) is 39.9 Å². The number of aromatic hydroxyl groups is 1. The minimum atomic E-state index is 0.256. The first-order valence-corrected chi connectivity index (χ1v) is 10.6. The maximum Gasteiger partial charge on any atom is 0.181 e. The molecule has 1 heterocycles. The van der Waals surface area contributed by atoms with Gasteiger partial charge in [-0.15, -0.1) is 0 Å². The van der Waals surface area contributed by atoms with Gasteiger partial charge < -0.3 is 28.5 Å². The van der Waals surface area contributed by atoms with Crippen molar-refractivity contribution in [2.24, 2.45) is 0 Å². The summed E-state index contributed by atoms with van der Waals surface area (Å²) in [7, 11) is 6.42. The first-order valence-electron chi connectivity index (χ1n) is 10.6. The predicted molar refractivity (Wildman–Crippen MR) is 130 cm³/mol. The lowest BCUT2D eigenvalue weighted by Gasteiger charge is -2.14. The van der Waals surface area contributed by atoms with Crippen molar-refractivity contribution < 1.29 is 28.5 Å². The van der Waals surface area contributed by atoms with Crippen LogP contribution >= 0.6 is 0 Å². The van der Waals surface area contributed by atoms with E-state index in [-0.39, 0.29) is 5.75 Å². The zero-order valence-corrected chi connectivity index (χ0v) is 19.7. The van der Waals surface area contributed by atoms with Gasteiger partial charge in [0.05, 0.1) is 33.8 Å². The molecule has 1 aromatic heterocycles. The lowest BCUT2D eigenvalue weighted by Crippen LogP contribution is -1.94. The molecule has 0 amide bonds. The van der Waals surface area contributed by atoms with Crippen LogP contribution in [0.5, 0.6) is 28.7 Å². The molecule has 0 aliphatic carbocycles. The molecular formula is C27H28O6. The summed E-state index contributed by atoms with van der Waals surface area (Å²) in [5, 5.41) is 12.0. The Morgan fingerprint density at radius 1 is 0.879 bits per heavy atom. The van der Waals surface area contributed by atoms with Crippen LogP contribution in [0.4, 0.5) is 0 Å². The van der Waals surface area contributed by atoms with Gasteiger partial charge >= 0.3 is 0 Å². The van der Waals surface area contributed by atoms with Crippen LogP contribution in [0.25, 0.3) is 33.1 Å². The smallest absolute Gasteiger partial charge is 0.181 e. The van der Waals surface area contributed by atoms with Crippen molar-refractivity contribution in [1.82, 2.24) is 0 Å². The number of hydrogen-bond donors (Lipinski definition) is 1. The van der Waals surface area contributed by atoms with E-state index in [0.29, 0.717) is 40.6 Å². The summed E-state index contributed by atoms with van der Waals surface area (Å²) in [4.78, 5) is 0.